The van der Waals surface area contributed by atoms with Gasteiger partial charge < -0.3 is 5.11 Å². The molecule has 19 heavy (non-hydrogen) atoms. The van der Waals surface area contributed by atoms with Crippen LogP contribution >= 0.6 is 15.9 Å². The molecule has 0 saturated carbocycles. The number of benzene rings is 1. The molecule has 1 aromatic carbocycles. The Hall–Kier alpha value is -0.990. The molecule has 1 atom stereocenters. The van der Waals surface area contributed by atoms with Gasteiger partial charge in [0.2, 0.25) is 10.0 Å². The lowest BCUT2D eigenvalue weighted by molar-refractivity contribution is -0.140. The van der Waals surface area contributed by atoms with Gasteiger partial charge in [-0.2, -0.15) is 4.72 Å². The predicted octanol–water partition coefficient (Wildman–Crippen LogP) is 1.98. The fraction of sp³-hybridized carbons (Fsp3) is 0.364. The SMILES string of the molecule is CC(C)[C@H](NS(=O)(=O)c1cccc(Br)c1F)C(=O)O. The first-order valence-electron chi connectivity index (χ1n) is 5.36. The first-order chi connectivity index (χ1) is 8.66. The number of nitrogens with one attached hydrogen (secondary N) is 1. The summed E-state index contributed by atoms with van der Waals surface area (Å²) in [6, 6.07) is 2.46. The maximum absolute atomic E-state index is 13.7. The van der Waals surface area contributed by atoms with Gasteiger partial charge in [-0.05, 0) is 34.0 Å². The van der Waals surface area contributed by atoms with Crippen LogP contribution in [0.5, 0.6) is 0 Å². The van der Waals surface area contributed by atoms with Gasteiger partial charge in [-0.15, -0.1) is 0 Å². The summed E-state index contributed by atoms with van der Waals surface area (Å²) in [7, 11) is -4.24. The van der Waals surface area contributed by atoms with Crippen molar-refractivity contribution in [3.8, 4) is 0 Å². The summed E-state index contributed by atoms with van der Waals surface area (Å²) in [6.45, 7) is 3.11. The van der Waals surface area contributed by atoms with Gasteiger partial charge in [0.1, 0.15) is 10.9 Å². The van der Waals surface area contributed by atoms with E-state index < -0.39 is 38.7 Å². The molecule has 0 aromatic heterocycles. The second-order valence-electron chi connectivity index (χ2n) is 4.23. The number of carboxylic acids is 1. The van der Waals surface area contributed by atoms with E-state index in [1.165, 1.54) is 12.1 Å². The fourth-order valence-corrected chi connectivity index (χ4v) is 3.33. The molecule has 0 spiro atoms. The summed E-state index contributed by atoms with van der Waals surface area (Å²) in [5, 5.41) is 8.95. The maximum Gasteiger partial charge on any atom is 0.322 e. The molecule has 0 aliphatic carbocycles. The van der Waals surface area contributed by atoms with Crippen molar-refractivity contribution in [2.24, 2.45) is 5.92 Å². The normalized spacial score (nSPS) is 13.5. The van der Waals surface area contributed by atoms with Gasteiger partial charge in [0.15, 0.2) is 5.82 Å². The van der Waals surface area contributed by atoms with Crippen LogP contribution in [0.2, 0.25) is 0 Å². The monoisotopic (exact) mass is 353 g/mol. The van der Waals surface area contributed by atoms with Crippen LogP contribution < -0.4 is 4.72 Å². The van der Waals surface area contributed by atoms with E-state index in [1.54, 1.807) is 13.8 Å². The molecule has 0 amide bonds. The van der Waals surface area contributed by atoms with Crippen molar-refractivity contribution in [2.45, 2.75) is 24.8 Å². The minimum Gasteiger partial charge on any atom is -0.480 e. The van der Waals surface area contributed by atoms with Crippen molar-refractivity contribution in [3.63, 3.8) is 0 Å². The Labute approximate surface area is 119 Å². The van der Waals surface area contributed by atoms with E-state index in [0.29, 0.717) is 0 Å². The highest BCUT2D eigenvalue weighted by atomic mass is 79.9. The van der Waals surface area contributed by atoms with Crippen molar-refractivity contribution < 1.29 is 22.7 Å². The Morgan fingerprint density at radius 1 is 1.42 bits per heavy atom. The number of carbonyl (C=O) groups is 1. The number of hydrogen-bond acceptors (Lipinski definition) is 3. The lowest BCUT2D eigenvalue weighted by Crippen LogP contribution is -2.44. The van der Waals surface area contributed by atoms with Gasteiger partial charge in [0.05, 0.1) is 4.47 Å². The van der Waals surface area contributed by atoms with Crippen molar-refractivity contribution in [3.05, 3.63) is 28.5 Å². The van der Waals surface area contributed by atoms with Crippen molar-refractivity contribution >= 4 is 31.9 Å². The van der Waals surface area contributed by atoms with E-state index in [9.17, 15) is 17.6 Å². The third-order valence-electron chi connectivity index (χ3n) is 2.42. The molecule has 1 rings (SSSR count). The predicted molar refractivity (Wildman–Crippen MR) is 70.7 cm³/mol. The van der Waals surface area contributed by atoms with E-state index in [0.717, 1.165) is 6.07 Å². The van der Waals surface area contributed by atoms with E-state index in [2.05, 4.69) is 15.9 Å². The van der Waals surface area contributed by atoms with Crippen molar-refractivity contribution in [1.82, 2.24) is 4.72 Å². The van der Waals surface area contributed by atoms with Gasteiger partial charge in [-0.3, -0.25) is 4.79 Å². The maximum atomic E-state index is 13.7. The third kappa shape index (κ3) is 3.74. The Bertz CT molecular complexity index is 588. The van der Waals surface area contributed by atoms with Crippen LogP contribution in [0, 0.1) is 11.7 Å². The largest absolute Gasteiger partial charge is 0.480 e. The molecule has 2 N–H and O–H groups in total. The standard InChI is InChI=1S/C11H13BrFNO4S/c1-6(2)10(11(15)16)14-19(17,18)8-5-3-4-7(12)9(8)13/h3-6,10,14H,1-2H3,(H,15,16)/t10-/m0/s1. The number of aliphatic carboxylic acids is 1. The molecular weight excluding hydrogens is 341 g/mol. The van der Waals surface area contributed by atoms with Gasteiger partial charge >= 0.3 is 5.97 Å². The Morgan fingerprint density at radius 2 is 2.00 bits per heavy atom. The molecule has 106 valence electrons. The molecule has 0 unspecified atom stereocenters. The zero-order valence-electron chi connectivity index (χ0n) is 10.2. The lowest BCUT2D eigenvalue weighted by atomic mass is 10.1. The Kier molecular flexibility index (Phi) is 5.05. The summed E-state index contributed by atoms with van der Waals surface area (Å²) in [4.78, 5) is 10.4. The van der Waals surface area contributed by atoms with Crippen LogP contribution in [-0.4, -0.2) is 25.5 Å². The average Bonchev–Trinajstić information content (AvgIpc) is 2.28. The lowest BCUT2D eigenvalue weighted by Gasteiger charge is -2.18. The molecule has 0 fully saturated rings. The number of sulfonamides is 1. The van der Waals surface area contributed by atoms with Crippen molar-refractivity contribution in [2.75, 3.05) is 0 Å². The number of hydrogen-bond donors (Lipinski definition) is 2. The van der Waals surface area contributed by atoms with Crippen LogP contribution in [0.1, 0.15) is 13.8 Å². The van der Waals surface area contributed by atoms with Crippen LogP contribution in [0.4, 0.5) is 4.39 Å². The Balaban J connectivity index is 3.18. The zero-order chi connectivity index (χ0) is 14.8. The second-order valence-corrected chi connectivity index (χ2v) is 6.77. The summed E-state index contributed by atoms with van der Waals surface area (Å²) >= 11 is 2.88. The highest BCUT2D eigenvalue weighted by Gasteiger charge is 2.30. The van der Waals surface area contributed by atoms with Crippen LogP contribution in [-0.2, 0) is 14.8 Å². The van der Waals surface area contributed by atoms with E-state index in [1.807, 2.05) is 4.72 Å². The van der Waals surface area contributed by atoms with Gasteiger partial charge in [-0.25, -0.2) is 12.8 Å². The molecule has 0 saturated heterocycles. The molecule has 0 aliphatic rings. The molecule has 5 nitrogen and oxygen atoms in total. The number of halogens is 2. The van der Waals surface area contributed by atoms with E-state index >= 15 is 0 Å². The van der Waals surface area contributed by atoms with Crippen LogP contribution in [0.15, 0.2) is 27.6 Å². The summed E-state index contributed by atoms with van der Waals surface area (Å²) in [5.74, 6) is -2.74. The fourth-order valence-electron chi connectivity index (χ4n) is 1.39. The first kappa shape index (κ1) is 16.1. The smallest absolute Gasteiger partial charge is 0.322 e. The van der Waals surface area contributed by atoms with Crippen molar-refractivity contribution in [1.29, 1.82) is 0 Å². The Morgan fingerprint density at radius 3 is 2.47 bits per heavy atom. The van der Waals surface area contributed by atoms with Gasteiger partial charge in [-0.1, -0.05) is 19.9 Å². The molecule has 0 radical (unpaired) electrons. The summed E-state index contributed by atoms with van der Waals surface area (Å²) in [6.07, 6.45) is 0. The van der Waals surface area contributed by atoms with Crippen LogP contribution in [0.25, 0.3) is 0 Å². The highest BCUT2D eigenvalue weighted by molar-refractivity contribution is 9.10. The summed E-state index contributed by atoms with van der Waals surface area (Å²) in [5.41, 5.74) is 0. The number of rotatable bonds is 5. The minimum atomic E-state index is -4.24. The molecule has 0 bridgehead atoms. The minimum absolute atomic E-state index is 0.00760. The van der Waals surface area contributed by atoms with Gasteiger partial charge in [0, 0.05) is 0 Å². The summed E-state index contributed by atoms with van der Waals surface area (Å²) < 4.78 is 39.7. The molecule has 0 aliphatic heterocycles. The third-order valence-corrected chi connectivity index (χ3v) is 4.49. The number of carboxylic acid groups (broad SMARTS) is 1. The van der Waals surface area contributed by atoms with Gasteiger partial charge in [0.25, 0.3) is 0 Å². The molecule has 8 heteroatoms. The average molecular weight is 354 g/mol. The molecule has 0 heterocycles. The molecule has 1 aromatic rings. The highest BCUT2D eigenvalue weighted by Crippen LogP contribution is 2.22. The zero-order valence-corrected chi connectivity index (χ0v) is 12.6. The molecular formula is C11H13BrFNO4S. The topological polar surface area (TPSA) is 83.5 Å². The quantitative estimate of drug-likeness (QED) is 0.847. The second kappa shape index (κ2) is 5.98. The first-order valence-corrected chi connectivity index (χ1v) is 7.63. The van der Waals surface area contributed by atoms with E-state index in [4.69, 9.17) is 5.11 Å². The van der Waals surface area contributed by atoms with E-state index in [-0.39, 0.29) is 4.47 Å². The van der Waals surface area contributed by atoms with Crippen LogP contribution in [0.3, 0.4) is 0 Å².